The van der Waals surface area contributed by atoms with Gasteiger partial charge >= 0.3 is 0 Å². The van der Waals surface area contributed by atoms with E-state index in [-0.39, 0.29) is 11.9 Å². The third kappa shape index (κ3) is 3.22. The monoisotopic (exact) mass is 332 g/mol. The highest BCUT2D eigenvalue weighted by molar-refractivity contribution is 7.16. The van der Waals surface area contributed by atoms with Crippen LogP contribution in [-0.2, 0) is 17.6 Å². The maximum absolute atomic E-state index is 12.0. The van der Waals surface area contributed by atoms with Crippen LogP contribution in [0.15, 0.2) is 0 Å². The Morgan fingerprint density at radius 3 is 3.04 bits per heavy atom. The van der Waals surface area contributed by atoms with E-state index in [1.807, 2.05) is 6.92 Å². The number of carbonyl (C=O) groups excluding carboxylic acids is 1. The number of nitrogens with zero attached hydrogens (tertiary/aromatic N) is 2. The maximum Gasteiger partial charge on any atom is 0.237 e. The topological polar surface area (TPSA) is 82.2 Å². The quantitative estimate of drug-likeness (QED) is 0.882. The van der Waals surface area contributed by atoms with Crippen molar-refractivity contribution in [2.24, 2.45) is 5.73 Å². The number of nitrogens with two attached hydrogens (primary N) is 1. The number of carbonyl (C=O) groups is 1. The van der Waals surface area contributed by atoms with E-state index in [2.05, 4.69) is 16.3 Å². The second-order valence-corrected chi connectivity index (χ2v) is 7.54. The van der Waals surface area contributed by atoms with Gasteiger partial charge in [-0.05, 0) is 44.1 Å². The lowest BCUT2D eigenvalue weighted by molar-refractivity contribution is -0.123. The summed E-state index contributed by atoms with van der Waals surface area (Å²) in [4.78, 5) is 15.6. The van der Waals surface area contributed by atoms with E-state index in [4.69, 9.17) is 5.73 Å². The fourth-order valence-corrected chi connectivity index (χ4v) is 4.82. The summed E-state index contributed by atoms with van der Waals surface area (Å²) in [5.74, 6) is -0.0645. The summed E-state index contributed by atoms with van der Waals surface area (Å²) in [6.07, 6.45) is 6.12. The number of fused-ring (bicyclic) bond motifs is 1. The van der Waals surface area contributed by atoms with Crippen LogP contribution in [0.2, 0.25) is 0 Å². The molecule has 1 aliphatic carbocycles. The molecule has 0 saturated carbocycles. The Kier molecular flexibility index (Phi) is 4.88. The molecule has 6 heteroatoms. The first-order valence-electron chi connectivity index (χ1n) is 8.49. The standard InChI is InChI=1S/C17H24N4OS/c1-2-14(19)16(22)20-11-7-8-21(10-11)17-13(9-18)12-5-3-4-6-15(12)23-17/h11,14H,2-8,10,19H2,1H3,(H,20,22)/t11-,14-/m0/s1. The zero-order chi connectivity index (χ0) is 16.4. The SMILES string of the molecule is CC[C@H](N)C(=O)N[C@H]1CCN(c2sc3c(c2C#N)CCCC3)C1. The number of nitriles is 1. The van der Waals surface area contributed by atoms with Gasteiger partial charge in [0.15, 0.2) is 0 Å². The van der Waals surface area contributed by atoms with E-state index in [1.54, 1.807) is 11.3 Å². The molecule has 124 valence electrons. The van der Waals surface area contributed by atoms with Gasteiger partial charge in [0, 0.05) is 24.0 Å². The van der Waals surface area contributed by atoms with E-state index >= 15 is 0 Å². The molecule has 0 spiro atoms. The van der Waals surface area contributed by atoms with Crippen LogP contribution < -0.4 is 16.0 Å². The Labute approximate surface area is 141 Å². The molecule has 2 heterocycles. The van der Waals surface area contributed by atoms with Crippen molar-refractivity contribution < 1.29 is 4.79 Å². The van der Waals surface area contributed by atoms with E-state index in [1.165, 1.54) is 23.3 Å². The van der Waals surface area contributed by atoms with Crippen LogP contribution in [0.5, 0.6) is 0 Å². The van der Waals surface area contributed by atoms with Crippen LogP contribution in [0.25, 0.3) is 0 Å². The summed E-state index contributed by atoms with van der Waals surface area (Å²) in [6, 6.07) is 2.13. The third-order valence-electron chi connectivity index (χ3n) is 4.86. The van der Waals surface area contributed by atoms with Crippen LogP contribution >= 0.6 is 11.3 Å². The summed E-state index contributed by atoms with van der Waals surface area (Å²) in [6.45, 7) is 3.58. The smallest absolute Gasteiger partial charge is 0.237 e. The van der Waals surface area contributed by atoms with Gasteiger partial charge in [-0.2, -0.15) is 5.26 Å². The maximum atomic E-state index is 12.0. The molecule has 2 aliphatic rings. The van der Waals surface area contributed by atoms with Gasteiger partial charge in [0.2, 0.25) is 5.91 Å². The van der Waals surface area contributed by atoms with Crippen molar-refractivity contribution in [1.29, 1.82) is 5.26 Å². The number of aryl methyl sites for hydroxylation is 1. The zero-order valence-corrected chi connectivity index (χ0v) is 14.4. The molecule has 2 atom stereocenters. The van der Waals surface area contributed by atoms with E-state index in [0.29, 0.717) is 6.42 Å². The van der Waals surface area contributed by atoms with Crippen LogP contribution in [0.1, 0.15) is 48.6 Å². The number of amides is 1. The number of hydrogen-bond acceptors (Lipinski definition) is 5. The highest BCUT2D eigenvalue weighted by atomic mass is 32.1. The molecular weight excluding hydrogens is 308 g/mol. The Balaban J connectivity index is 1.71. The van der Waals surface area contributed by atoms with Gasteiger partial charge in [0.25, 0.3) is 0 Å². The predicted molar refractivity (Wildman–Crippen MR) is 92.7 cm³/mol. The van der Waals surface area contributed by atoms with Crippen LogP contribution in [0, 0.1) is 11.3 Å². The van der Waals surface area contributed by atoms with Crippen molar-refractivity contribution in [1.82, 2.24) is 5.32 Å². The summed E-state index contributed by atoms with van der Waals surface area (Å²) in [5.41, 5.74) is 7.94. The normalized spacial score (nSPS) is 21.6. The molecule has 23 heavy (non-hydrogen) atoms. The minimum absolute atomic E-state index is 0.0645. The first-order chi connectivity index (χ1) is 11.1. The van der Waals surface area contributed by atoms with Crippen molar-refractivity contribution in [2.75, 3.05) is 18.0 Å². The average molecular weight is 332 g/mol. The number of rotatable bonds is 4. The molecule has 1 aromatic heterocycles. The Morgan fingerprint density at radius 2 is 2.30 bits per heavy atom. The molecule has 3 N–H and O–H groups in total. The highest BCUT2D eigenvalue weighted by Gasteiger charge is 2.30. The second kappa shape index (κ2) is 6.90. The average Bonchev–Trinajstić information content (AvgIpc) is 3.17. The van der Waals surface area contributed by atoms with E-state index < -0.39 is 6.04 Å². The molecule has 0 radical (unpaired) electrons. The fourth-order valence-electron chi connectivity index (χ4n) is 3.45. The van der Waals surface area contributed by atoms with Crippen LogP contribution in [0.4, 0.5) is 5.00 Å². The molecule has 1 saturated heterocycles. The number of thiophene rings is 1. The molecule has 1 aliphatic heterocycles. The second-order valence-electron chi connectivity index (χ2n) is 6.46. The molecule has 1 aromatic rings. The highest BCUT2D eigenvalue weighted by Crippen LogP contribution is 2.40. The molecule has 5 nitrogen and oxygen atoms in total. The van der Waals surface area contributed by atoms with Crippen molar-refractivity contribution >= 4 is 22.2 Å². The lowest BCUT2D eigenvalue weighted by atomic mass is 9.96. The van der Waals surface area contributed by atoms with Crippen LogP contribution in [-0.4, -0.2) is 31.1 Å². The van der Waals surface area contributed by atoms with Crippen molar-refractivity contribution in [3.63, 3.8) is 0 Å². The zero-order valence-electron chi connectivity index (χ0n) is 13.6. The first-order valence-corrected chi connectivity index (χ1v) is 9.31. The Bertz CT molecular complexity index is 633. The largest absolute Gasteiger partial charge is 0.360 e. The summed E-state index contributed by atoms with van der Waals surface area (Å²) in [7, 11) is 0. The van der Waals surface area contributed by atoms with Gasteiger partial charge in [-0.15, -0.1) is 11.3 Å². The molecule has 1 amide bonds. The van der Waals surface area contributed by atoms with Gasteiger partial charge in [-0.1, -0.05) is 6.92 Å². The summed E-state index contributed by atoms with van der Waals surface area (Å²) in [5, 5.41) is 13.7. The number of anilines is 1. The van der Waals surface area contributed by atoms with Crippen molar-refractivity contribution in [3.8, 4) is 6.07 Å². The molecule has 1 fully saturated rings. The summed E-state index contributed by atoms with van der Waals surface area (Å²) >= 11 is 1.78. The predicted octanol–water partition coefficient (Wildman–Crippen LogP) is 1.93. The molecule has 3 rings (SSSR count). The van der Waals surface area contributed by atoms with Crippen molar-refractivity contribution in [3.05, 3.63) is 16.0 Å². The minimum Gasteiger partial charge on any atom is -0.360 e. The van der Waals surface area contributed by atoms with Gasteiger partial charge in [0.1, 0.15) is 11.1 Å². The molecule has 0 unspecified atom stereocenters. The fraction of sp³-hybridized carbons (Fsp3) is 0.647. The van der Waals surface area contributed by atoms with Gasteiger partial charge in [-0.3, -0.25) is 4.79 Å². The van der Waals surface area contributed by atoms with E-state index in [9.17, 15) is 10.1 Å². The first kappa shape index (κ1) is 16.3. The lowest BCUT2D eigenvalue weighted by Crippen LogP contribution is -2.46. The molecule has 0 bridgehead atoms. The lowest BCUT2D eigenvalue weighted by Gasteiger charge is -2.19. The molecule has 0 aromatic carbocycles. The van der Waals surface area contributed by atoms with Crippen LogP contribution in [0.3, 0.4) is 0 Å². The van der Waals surface area contributed by atoms with Gasteiger partial charge in [-0.25, -0.2) is 0 Å². The van der Waals surface area contributed by atoms with Gasteiger partial charge in [0.05, 0.1) is 11.6 Å². The molecular formula is C17H24N4OS. The Morgan fingerprint density at radius 1 is 1.52 bits per heavy atom. The summed E-state index contributed by atoms with van der Waals surface area (Å²) < 4.78 is 0. The third-order valence-corrected chi connectivity index (χ3v) is 6.22. The van der Waals surface area contributed by atoms with E-state index in [0.717, 1.165) is 42.9 Å². The number of hydrogen-bond donors (Lipinski definition) is 2. The minimum atomic E-state index is -0.423. The Hall–Kier alpha value is -1.58. The van der Waals surface area contributed by atoms with Crippen molar-refractivity contribution in [2.45, 2.75) is 57.5 Å². The van der Waals surface area contributed by atoms with Gasteiger partial charge < -0.3 is 16.0 Å². The number of nitrogens with one attached hydrogen (secondary N) is 1.